The summed E-state index contributed by atoms with van der Waals surface area (Å²) < 4.78 is -1.26. The third-order valence-electron chi connectivity index (χ3n) is 0.231. The van der Waals surface area contributed by atoms with Crippen LogP contribution in [-0.4, -0.2) is 8.11 Å². The van der Waals surface area contributed by atoms with Crippen molar-refractivity contribution in [2.24, 2.45) is 0 Å². The van der Waals surface area contributed by atoms with Gasteiger partial charge >= 0.3 is 27.7 Å². The molecule has 8 heavy (non-hydrogen) atoms. The fourth-order valence-electron chi connectivity index (χ4n) is 0. The maximum Gasteiger partial charge on any atom is 1.00 e. The molecule has 0 aliphatic rings. The number of carbonyl (C=O) groups excluding carboxylic acids is 1. The van der Waals surface area contributed by atoms with Crippen molar-refractivity contribution in [3.63, 3.8) is 0 Å². The molecule has 0 aromatic heterocycles. The predicted octanol–water partition coefficient (Wildman–Crippen LogP) is 0.572. The first-order chi connectivity index (χ1) is 2.94. The Morgan fingerprint density at radius 3 is 1.50 bits per heavy atom. The summed E-state index contributed by atoms with van der Waals surface area (Å²) in [6.07, 6.45) is 0. The third kappa shape index (κ3) is 5.97. The van der Waals surface area contributed by atoms with E-state index in [0.717, 1.165) is 0 Å². The van der Waals surface area contributed by atoms with Gasteiger partial charge < -0.3 is 9.90 Å². The monoisotopic (exact) mass is 495 g/mol. The minimum atomic E-state index is -1.26. The molecule has 0 aromatic carbocycles. The van der Waals surface area contributed by atoms with Crippen molar-refractivity contribution in [1.29, 1.82) is 0 Å². The normalized spacial score (nSPS) is 9.88. The fourth-order valence-corrected chi connectivity index (χ4v) is 0. The van der Waals surface area contributed by atoms with Crippen LogP contribution in [0.5, 0.6) is 0 Å². The Labute approximate surface area is 92.3 Å². The van der Waals surface area contributed by atoms with E-state index < -0.39 is 8.11 Å². The van der Waals surface area contributed by atoms with Gasteiger partial charge in [-0.15, -0.1) is 0 Å². The van der Waals surface area contributed by atoms with E-state index in [9.17, 15) is 9.90 Å². The molecular formula is C2Br3HgO2. The Bertz CT molecular complexity index is 87.8. The first kappa shape index (κ1) is 12.5. The van der Waals surface area contributed by atoms with Crippen molar-refractivity contribution < 1.29 is 37.6 Å². The first-order valence-electron chi connectivity index (χ1n) is 1.23. The molecule has 0 amide bonds. The van der Waals surface area contributed by atoms with Crippen molar-refractivity contribution in [3.8, 4) is 0 Å². The van der Waals surface area contributed by atoms with Crippen LogP contribution >= 0.6 is 47.8 Å². The topological polar surface area (TPSA) is 40.1 Å². The van der Waals surface area contributed by atoms with Gasteiger partial charge in [0.25, 0.3) is 0 Å². The molecule has 2 nitrogen and oxygen atoms in total. The van der Waals surface area contributed by atoms with Crippen molar-refractivity contribution in [3.05, 3.63) is 0 Å². The van der Waals surface area contributed by atoms with E-state index in [4.69, 9.17) is 0 Å². The van der Waals surface area contributed by atoms with E-state index in [1.54, 1.807) is 0 Å². The zero-order valence-corrected chi connectivity index (χ0v) is 13.9. The molecule has 0 aliphatic heterocycles. The number of carboxylic acids is 1. The minimum absolute atomic E-state index is 0. The molecule has 0 N–H and O–H groups in total. The van der Waals surface area contributed by atoms with E-state index in [-0.39, 0.29) is 27.7 Å². The van der Waals surface area contributed by atoms with E-state index >= 15 is 0 Å². The molecule has 0 heterocycles. The summed E-state index contributed by atoms with van der Waals surface area (Å²) in [5, 5.41) is 9.77. The quantitative estimate of drug-likeness (QED) is 0.364. The number of halogens is 3. The number of rotatable bonds is 0. The average Bonchev–Trinajstić information content (AvgIpc) is 1.31. The predicted molar refractivity (Wildman–Crippen MR) is 34.5 cm³/mol. The van der Waals surface area contributed by atoms with Gasteiger partial charge in [-0.1, -0.05) is 47.8 Å². The van der Waals surface area contributed by atoms with Crippen LogP contribution in [0.15, 0.2) is 0 Å². The van der Waals surface area contributed by atoms with Gasteiger partial charge in [0.1, 0.15) is 0 Å². The summed E-state index contributed by atoms with van der Waals surface area (Å²) in [4.78, 5) is 9.77. The molecule has 0 atom stereocenters. The average molecular weight is 496 g/mol. The Balaban J connectivity index is 0. The zero-order valence-electron chi connectivity index (χ0n) is 3.66. The standard InChI is InChI=1S/C2HBr3O2.Hg/c3-2(4,5)1(6)7;/h(H,6,7);/q;+1/p-1. The third-order valence-corrected chi connectivity index (χ3v) is 1.20. The Morgan fingerprint density at radius 2 is 1.50 bits per heavy atom. The number of hydrogen-bond donors (Lipinski definition) is 0. The summed E-state index contributed by atoms with van der Waals surface area (Å²) in [6, 6.07) is 0. The van der Waals surface area contributed by atoms with Gasteiger partial charge in [-0.2, -0.15) is 0 Å². The molecular weight excluding hydrogens is 496 g/mol. The molecule has 0 fully saturated rings. The van der Waals surface area contributed by atoms with Gasteiger partial charge in [0.15, 0.2) is 2.14 Å². The molecule has 0 aromatic rings. The minimum Gasteiger partial charge on any atom is -0.547 e. The number of carboxylic acid groups (broad SMARTS) is 1. The van der Waals surface area contributed by atoms with Crippen molar-refractivity contribution in [2.45, 2.75) is 2.14 Å². The second-order valence-corrected chi connectivity index (χ2v) is 7.55. The first-order valence-corrected chi connectivity index (χ1v) is 3.60. The Hall–Kier alpha value is 1.85. The second-order valence-electron chi connectivity index (χ2n) is 0.785. The van der Waals surface area contributed by atoms with Gasteiger partial charge in [-0.3, -0.25) is 0 Å². The maximum absolute atomic E-state index is 9.77. The molecule has 1 radical (unpaired) electrons. The number of hydrogen-bond acceptors (Lipinski definition) is 2. The van der Waals surface area contributed by atoms with Gasteiger partial charge in [0, 0.05) is 0 Å². The Morgan fingerprint density at radius 1 is 1.38 bits per heavy atom. The van der Waals surface area contributed by atoms with Crippen molar-refractivity contribution >= 4 is 53.8 Å². The summed E-state index contributed by atoms with van der Waals surface area (Å²) in [5.74, 6) is -1.26. The molecule has 0 saturated heterocycles. The van der Waals surface area contributed by atoms with Crippen LogP contribution in [-0.2, 0) is 32.5 Å². The summed E-state index contributed by atoms with van der Waals surface area (Å²) in [6.45, 7) is 0. The largest absolute Gasteiger partial charge is 1.00 e. The smallest absolute Gasteiger partial charge is 0.547 e. The molecule has 0 spiro atoms. The molecule has 6 heteroatoms. The zero-order chi connectivity index (χ0) is 6.08. The summed E-state index contributed by atoms with van der Waals surface area (Å²) in [5.41, 5.74) is 0. The Kier molecular flexibility index (Phi) is 7.24. The van der Waals surface area contributed by atoms with Crippen LogP contribution in [0.1, 0.15) is 0 Å². The molecule has 0 unspecified atom stereocenters. The molecule has 0 aliphatic carbocycles. The van der Waals surface area contributed by atoms with Crippen LogP contribution in [0.2, 0.25) is 0 Å². The van der Waals surface area contributed by atoms with Crippen molar-refractivity contribution in [2.75, 3.05) is 0 Å². The summed E-state index contributed by atoms with van der Waals surface area (Å²) >= 11 is 8.14. The van der Waals surface area contributed by atoms with Crippen LogP contribution in [0.3, 0.4) is 0 Å². The van der Waals surface area contributed by atoms with Crippen LogP contribution in [0, 0.1) is 0 Å². The van der Waals surface area contributed by atoms with Gasteiger partial charge in [0.2, 0.25) is 0 Å². The number of alkyl halides is 3. The van der Waals surface area contributed by atoms with E-state index in [1.165, 1.54) is 0 Å². The van der Waals surface area contributed by atoms with Gasteiger partial charge in [0.05, 0.1) is 5.97 Å². The van der Waals surface area contributed by atoms with Gasteiger partial charge in [-0.25, -0.2) is 0 Å². The van der Waals surface area contributed by atoms with Gasteiger partial charge in [-0.05, 0) is 0 Å². The van der Waals surface area contributed by atoms with Crippen molar-refractivity contribution in [1.82, 2.24) is 0 Å². The fraction of sp³-hybridized carbons (Fsp3) is 0.500. The maximum atomic E-state index is 9.77. The van der Waals surface area contributed by atoms with Crippen LogP contribution < -0.4 is 5.11 Å². The second kappa shape index (κ2) is 4.63. The number of carbonyl (C=O) groups is 1. The van der Waals surface area contributed by atoms with Crippen LogP contribution in [0.25, 0.3) is 0 Å². The molecule has 0 bridgehead atoms. The van der Waals surface area contributed by atoms with Crippen LogP contribution in [0.4, 0.5) is 0 Å². The molecule has 0 rings (SSSR count). The van der Waals surface area contributed by atoms with E-state index in [1.807, 2.05) is 0 Å². The van der Waals surface area contributed by atoms with E-state index in [2.05, 4.69) is 47.8 Å². The summed E-state index contributed by atoms with van der Waals surface area (Å²) in [7, 11) is 0. The van der Waals surface area contributed by atoms with E-state index in [0.29, 0.717) is 0 Å². The SMILES string of the molecule is O=C([O-])C(Br)(Br)Br.[Hg+]. The molecule has 0 saturated carbocycles. The number of aliphatic carboxylic acids is 1. The molecule has 43 valence electrons.